The maximum Gasteiger partial charge on any atom is 0.335 e. The fourth-order valence-electron chi connectivity index (χ4n) is 4.97. The molecule has 4 aromatic rings. The Kier molecular flexibility index (Phi) is 6.05. The summed E-state index contributed by atoms with van der Waals surface area (Å²) in [4.78, 5) is 17.9. The van der Waals surface area contributed by atoms with Gasteiger partial charge in [0, 0.05) is 29.0 Å². The molecule has 0 radical (unpaired) electrons. The summed E-state index contributed by atoms with van der Waals surface area (Å²) < 4.78 is 16.2. The number of carbonyl (C=O) groups is 1. The number of aromatic carboxylic acids is 1. The summed E-state index contributed by atoms with van der Waals surface area (Å²) in [5, 5.41) is 13.3. The monoisotopic (exact) mass is 500 g/mol. The molecule has 1 saturated heterocycles. The summed E-state index contributed by atoms with van der Waals surface area (Å²) >= 11 is 5.80. The zero-order valence-corrected chi connectivity index (χ0v) is 20.9. The Balaban J connectivity index is 1.66. The minimum Gasteiger partial charge on any atom is -0.478 e. The molecule has 8 heteroatoms. The van der Waals surface area contributed by atoms with Crippen LogP contribution in [0.4, 0.5) is 10.1 Å². The molecule has 0 unspecified atom stereocenters. The van der Waals surface area contributed by atoms with Gasteiger partial charge >= 0.3 is 5.97 Å². The van der Waals surface area contributed by atoms with Gasteiger partial charge in [0.15, 0.2) is 5.11 Å². The van der Waals surface area contributed by atoms with Crippen molar-refractivity contribution in [2.45, 2.75) is 32.9 Å². The van der Waals surface area contributed by atoms with Crippen molar-refractivity contribution >= 4 is 29.0 Å². The van der Waals surface area contributed by atoms with Crippen molar-refractivity contribution in [2.75, 3.05) is 4.90 Å². The molecule has 1 fully saturated rings. The fourth-order valence-corrected chi connectivity index (χ4v) is 5.31. The largest absolute Gasteiger partial charge is 0.478 e. The normalized spacial score (nSPS) is 17.3. The van der Waals surface area contributed by atoms with E-state index < -0.39 is 5.97 Å². The maximum atomic E-state index is 14.1. The molecule has 2 aromatic heterocycles. The third-order valence-corrected chi connectivity index (χ3v) is 6.99. The van der Waals surface area contributed by atoms with E-state index in [1.807, 2.05) is 49.1 Å². The number of carboxylic acids is 1. The van der Waals surface area contributed by atoms with Crippen molar-refractivity contribution in [1.82, 2.24) is 14.9 Å². The molecule has 182 valence electrons. The van der Waals surface area contributed by atoms with E-state index in [0.717, 1.165) is 34.0 Å². The summed E-state index contributed by atoms with van der Waals surface area (Å²) in [5.74, 6) is -1.23. The second kappa shape index (κ2) is 9.20. The number of nitrogens with one attached hydrogen (secondary N) is 1. The van der Waals surface area contributed by atoms with Crippen LogP contribution < -0.4 is 10.2 Å². The third kappa shape index (κ3) is 4.03. The van der Waals surface area contributed by atoms with Gasteiger partial charge in [0.05, 0.1) is 23.3 Å². The number of hydrogen-bond donors (Lipinski definition) is 2. The molecule has 1 aliphatic heterocycles. The standard InChI is InChI=1S/C28H25FN4O2S/c1-16-14-21(11-12-23(16)29)33-26(25(31-28(33)36)24-6-4-5-13-30-24)22-15-17(2)32(18(22)3)20-9-7-19(8-10-20)27(34)35/h4-15,25-26H,1-3H3,(H,31,36)(H,34,35)/t25-,26-/m0/s1. The molecular formula is C28H25FN4O2S. The topological polar surface area (TPSA) is 70.4 Å². The highest BCUT2D eigenvalue weighted by atomic mass is 32.1. The van der Waals surface area contributed by atoms with Crippen LogP contribution in [0.1, 0.15) is 50.7 Å². The van der Waals surface area contributed by atoms with Gasteiger partial charge in [0.2, 0.25) is 0 Å². The Morgan fingerprint density at radius 1 is 1.03 bits per heavy atom. The molecule has 5 rings (SSSR count). The van der Waals surface area contributed by atoms with E-state index in [1.54, 1.807) is 37.4 Å². The number of nitrogens with zero attached hydrogens (tertiary/aromatic N) is 3. The Labute approximate surface area is 214 Å². The quantitative estimate of drug-likeness (QED) is 0.337. The lowest BCUT2D eigenvalue weighted by Gasteiger charge is -2.28. The first-order valence-corrected chi connectivity index (χ1v) is 12.0. The number of benzene rings is 2. The maximum absolute atomic E-state index is 14.1. The van der Waals surface area contributed by atoms with Crippen LogP contribution in [0.5, 0.6) is 0 Å². The van der Waals surface area contributed by atoms with Crippen molar-refractivity contribution < 1.29 is 14.3 Å². The van der Waals surface area contributed by atoms with Gasteiger partial charge in [-0.2, -0.15) is 0 Å². The lowest BCUT2D eigenvalue weighted by Crippen LogP contribution is -2.29. The zero-order chi connectivity index (χ0) is 25.6. The molecule has 0 aliphatic carbocycles. The Morgan fingerprint density at radius 3 is 2.39 bits per heavy atom. The van der Waals surface area contributed by atoms with Gasteiger partial charge in [-0.1, -0.05) is 6.07 Å². The summed E-state index contributed by atoms with van der Waals surface area (Å²) in [6, 6.07) is 19.3. The number of halogens is 1. The molecule has 0 saturated carbocycles. The first kappa shape index (κ1) is 23.7. The minimum atomic E-state index is -0.961. The number of aromatic nitrogens is 2. The predicted octanol–water partition coefficient (Wildman–Crippen LogP) is 5.81. The van der Waals surface area contributed by atoms with Crippen molar-refractivity contribution in [2.24, 2.45) is 0 Å². The van der Waals surface area contributed by atoms with Crippen LogP contribution >= 0.6 is 12.2 Å². The van der Waals surface area contributed by atoms with Gasteiger partial charge in [0.25, 0.3) is 0 Å². The second-order valence-corrected chi connectivity index (χ2v) is 9.33. The van der Waals surface area contributed by atoms with Gasteiger partial charge in [-0.25, -0.2) is 9.18 Å². The van der Waals surface area contributed by atoms with Crippen molar-refractivity contribution in [1.29, 1.82) is 0 Å². The lowest BCUT2D eigenvalue weighted by atomic mass is 9.96. The van der Waals surface area contributed by atoms with Gasteiger partial charge in [-0.15, -0.1) is 0 Å². The van der Waals surface area contributed by atoms with Crippen LogP contribution in [0.15, 0.2) is 72.9 Å². The first-order valence-electron chi connectivity index (χ1n) is 11.6. The molecule has 2 N–H and O–H groups in total. The number of hydrogen-bond acceptors (Lipinski definition) is 3. The number of carboxylic acid groups (broad SMARTS) is 1. The van der Waals surface area contributed by atoms with E-state index in [2.05, 4.69) is 20.9 Å². The van der Waals surface area contributed by atoms with Gasteiger partial charge < -0.3 is 19.9 Å². The number of pyridine rings is 1. The van der Waals surface area contributed by atoms with Gasteiger partial charge in [-0.05, 0) is 105 Å². The average Bonchev–Trinajstić information content (AvgIpc) is 3.36. The summed E-state index contributed by atoms with van der Waals surface area (Å²) in [6.45, 7) is 5.80. The van der Waals surface area contributed by atoms with E-state index in [4.69, 9.17) is 12.2 Å². The number of thiocarbonyl (C=S) groups is 1. The van der Waals surface area contributed by atoms with Crippen LogP contribution in [-0.2, 0) is 0 Å². The SMILES string of the molecule is Cc1cc(N2C(=S)N[C@@H](c3ccccn3)[C@@H]2c2cc(C)n(-c3ccc(C(=O)O)cc3)c2C)ccc1F. The summed E-state index contributed by atoms with van der Waals surface area (Å²) in [6.07, 6.45) is 1.76. The van der Waals surface area contributed by atoms with E-state index in [-0.39, 0.29) is 23.5 Å². The Hall–Kier alpha value is -4.04. The van der Waals surface area contributed by atoms with Crippen LogP contribution in [-0.4, -0.2) is 25.7 Å². The lowest BCUT2D eigenvalue weighted by molar-refractivity contribution is 0.0697. The second-order valence-electron chi connectivity index (χ2n) is 8.94. The van der Waals surface area contributed by atoms with Crippen molar-refractivity contribution in [3.8, 4) is 5.69 Å². The van der Waals surface area contributed by atoms with E-state index >= 15 is 0 Å². The third-order valence-electron chi connectivity index (χ3n) is 6.68. The van der Waals surface area contributed by atoms with E-state index in [0.29, 0.717) is 10.7 Å². The highest BCUT2D eigenvalue weighted by Crippen LogP contribution is 2.44. The molecule has 1 aliphatic rings. The molecular weight excluding hydrogens is 475 g/mol. The average molecular weight is 501 g/mol. The fraction of sp³-hybridized carbons (Fsp3) is 0.179. The highest BCUT2D eigenvalue weighted by molar-refractivity contribution is 7.80. The molecule has 6 nitrogen and oxygen atoms in total. The molecule has 3 heterocycles. The van der Waals surface area contributed by atoms with Crippen LogP contribution in [0, 0.1) is 26.6 Å². The molecule has 2 atom stereocenters. The van der Waals surface area contributed by atoms with Gasteiger partial charge in [0.1, 0.15) is 5.82 Å². The van der Waals surface area contributed by atoms with Crippen LogP contribution in [0.3, 0.4) is 0 Å². The van der Waals surface area contributed by atoms with Crippen molar-refractivity contribution in [3.05, 3.63) is 113 Å². The summed E-state index contributed by atoms with van der Waals surface area (Å²) in [5.41, 5.74) is 6.33. The predicted molar refractivity (Wildman–Crippen MR) is 141 cm³/mol. The van der Waals surface area contributed by atoms with E-state index in [9.17, 15) is 14.3 Å². The number of aryl methyl sites for hydroxylation is 2. The van der Waals surface area contributed by atoms with E-state index in [1.165, 1.54) is 6.07 Å². The molecule has 0 spiro atoms. The molecule has 0 amide bonds. The Morgan fingerprint density at radius 2 is 1.75 bits per heavy atom. The highest BCUT2D eigenvalue weighted by Gasteiger charge is 2.42. The first-order chi connectivity index (χ1) is 17.3. The smallest absolute Gasteiger partial charge is 0.335 e. The molecule has 0 bridgehead atoms. The minimum absolute atomic E-state index is 0.229. The van der Waals surface area contributed by atoms with Crippen LogP contribution in [0.25, 0.3) is 5.69 Å². The Bertz CT molecular complexity index is 1470. The van der Waals surface area contributed by atoms with Crippen molar-refractivity contribution in [3.63, 3.8) is 0 Å². The zero-order valence-electron chi connectivity index (χ0n) is 20.1. The molecule has 36 heavy (non-hydrogen) atoms. The number of anilines is 1. The van der Waals surface area contributed by atoms with Gasteiger partial charge in [-0.3, -0.25) is 4.98 Å². The molecule has 2 aromatic carbocycles. The van der Waals surface area contributed by atoms with Crippen LogP contribution in [0.2, 0.25) is 0 Å². The summed E-state index contributed by atoms with van der Waals surface area (Å²) in [7, 11) is 0. The number of rotatable bonds is 5.